The maximum atomic E-state index is 13.1. The van der Waals surface area contributed by atoms with Crippen LogP contribution in [0.1, 0.15) is 10.4 Å². The van der Waals surface area contributed by atoms with Gasteiger partial charge < -0.3 is 9.84 Å². The summed E-state index contributed by atoms with van der Waals surface area (Å²) in [5.41, 5.74) is -0.457. The predicted octanol–water partition coefficient (Wildman–Crippen LogP) is 1.76. The molecule has 0 radical (unpaired) electrons. The van der Waals surface area contributed by atoms with E-state index in [2.05, 4.69) is 4.74 Å². The van der Waals surface area contributed by atoms with E-state index in [1.165, 1.54) is 0 Å². The van der Waals surface area contributed by atoms with Crippen LogP contribution in [0.25, 0.3) is 0 Å². The zero-order chi connectivity index (χ0) is 13.0. The van der Waals surface area contributed by atoms with Gasteiger partial charge in [0.25, 0.3) is 0 Å². The van der Waals surface area contributed by atoms with Gasteiger partial charge in [0, 0.05) is 12.1 Å². The van der Waals surface area contributed by atoms with E-state index in [0.717, 1.165) is 19.2 Å². The van der Waals surface area contributed by atoms with Gasteiger partial charge in [0.2, 0.25) is 5.76 Å². The first-order valence-electron chi connectivity index (χ1n) is 4.44. The van der Waals surface area contributed by atoms with E-state index < -0.39 is 34.7 Å². The molecule has 1 N–H and O–H groups in total. The Balaban J connectivity index is 3.02. The first-order valence-corrected chi connectivity index (χ1v) is 4.44. The lowest BCUT2D eigenvalue weighted by atomic mass is 10.1. The predicted molar refractivity (Wildman–Crippen MR) is 53.4 cm³/mol. The molecule has 0 fully saturated rings. The Kier molecular flexibility index (Phi) is 3.92. The highest BCUT2D eigenvalue weighted by Crippen LogP contribution is 2.11. The van der Waals surface area contributed by atoms with Gasteiger partial charge in [-0.1, -0.05) is 0 Å². The third-order valence-corrected chi connectivity index (χ3v) is 1.86. The van der Waals surface area contributed by atoms with Crippen LogP contribution in [0.3, 0.4) is 0 Å². The van der Waals surface area contributed by atoms with Crippen molar-refractivity contribution in [3.05, 3.63) is 47.2 Å². The number of aliphatic hydroxyl groups is 1. The van der Waals surface area contributed by atoms with Crippen molar-refractivity contribution < 1.29 is 28.2 Å². The Hall–Kier alpha value is -2.24. The third-order valence-electron chi connectivity index (χ3n) is 1.86. The van der Waals surface area contributed by atoms with E-state index >= 15 is 0 Å². The fourth-order valence-corrected chi connectivity index (χ4v) is 1.05. The molecule has 0 atom stereocenters. The van der Waals surface area contributed by atoms with Crippen molar-refractivity contribution in [1.29, 1.82) is 0 Å². The minimum atomic E-state index is -1.12. The van der Waals surface area contributed by atoms with Crippen LogP contribution in [0.4, 0.5) is 8.78 Å². The lowest BCUT2D eigenvalue weighted by molar-refractivity contribution is -0.139. The number of carbonyl (C=O) groups is 2. The topological polar surface area (TPSA) is 63.6 Å². The van der Waals surface area contributed by atoms with Gasteiger partial charge in [0.15, 0.2) is 5.78 Å². The molecule has 1 aromatic rings. The van der Waals surface area contributed by atoms with Crippen molar-refractivity contribution in [3.63, 3.8) is 0 Å². The van der Waals surface area contributed by atoms with Crippen LogP contribution in [-0.2, 0) is 9.53 Å². The van der Waals surface area contributed by atoms with E-state index in [4.69, 9.17) is 5.11 Å². The number of methoxy groups -OCH3 is 1. The van der Waals surface area contributed by atoms with E-state index in [0.29, 0.717) is 12.1 Å². The summed E-state index contributed by atoms with van der Waals surface area (Å²) >= 11 is 0. The van der Waals surface area contributed by atoms with Crippen molar-refractivity contribution in [3.8, 4) is 0 Å². The highest BCUT2D eigenvalue weighted by Gasteiger charge is 2.14. The summed E-state index contributed by atoms with van der Waals surface area (Å²) in [5, 5.41) is 9.06. The molecular weight excluding hydrogens is 234 g/mol. The second-order valence-corrected chi connectivity index (χ2v) is 3.01. The zero-order valence-electron chi connectivity index (χ0n) is 8.74. The Bertz CT molecular complexity index is 494. The summed E-state index contributed by atoms with van der Waals surface area (Å²) in [6, 6.07) is 2.32. The number of halogens is 2. The lowest BCUT2D eigenvalue weighted by Gasteiger charge is -2.00. The summed E-state index contributed by atoms with van der Waals surface area (Å²) in [5.74, 6) is -4.96. The molecule has 0 aliphatic heterocycles. The number of benzene rings is 1. The van der Waals surface area contributed by atoms with Gasteiger partial charge in [-0.3, -0.25) is 4.79 Å². The molecule has 1 aromatic carbocycles. The molecule has 6 heteroatoms. The minimum Gasteiger partial charge on any atom is -0.502 e. The number of rotatable bonds is 3. The van der Waals surface area contributed by atoms with Crippen LogP contribution in [0.5, 0.6) is 0 Å². The average Bonchev–Trinajstić information content (AvgIpc) is 2.27. The smallest absolute Gasteiger partial charge is 0.373 e. The van der Waals surface area contributed by atoms with E-state index in [9.17, 15) is 18.4 Å². The summed E-state index contributed by atoms with van der Waals surface area (Å²) in [7, 11) is 1.01. The van der Waals surface area contributed by atoms with Gasteiger partial charge in [-0.15, -0.1) is 0 Å². The first-order chi connectivity index (χ1) is 7.95. The van der Waals surface area contributed by atoms with Crippen LogP contribution in [-0.4, -0.2) is 24.0 Å². The maximum Gasteiger partial charge on any atom is 0.373 e. The fourth-order valence-electron chi connectivity index (χ4n) is 1.05. The molecule has 0 spiro atoms. The number of ketones is 1. The molecule has 17 heavy (non-hydrogen) atoms. The highest BCUT2D eigenvalue weighted by atomic mass is 19.1. The monoisotopic (exact) mass is 242 g/mol. The molecule has 4 nitrogen and oxygen atoms in total. The molecule has 0 aliphatic rings. The van der Waals surface area contributed by atoms with Crippen molar-refractivity contribution in [2.75, 3.05) is 7.11 Å². The Morgan fingerprint density at radius 1 is 1.35 bits per heavy atom. The van der Waals surface area contributed by atoms with Crippen LogP contribution >= 0.6 is 0 Å². The lowest BCUT2D eigenvalue weighted by Crippen LogP contribution is -2.08. The number of ether oxygens (including phenoxy) is 1. The quantitative estimate of drug-likeness (QED) is 0.379. The first kappa shape index (κ1) is 12.8. The number of hydrogen-bond donors (Lipinski definition) is 1. The van der Waals surface area contributed by atoms with Crippen LogP contribution in [0.15, 0.2) is 30.0 Å². The zero-order valence-corrected chi connectivity index (χ0v) is 8.74. The van der Waals surface area contributed by atoms with Crippen molar-refractivity contribution in [2.45, 2.75) is 0 Å². The summed E-state index contributed by atoms with van der Waals surface area (Å²) in [6.07, 6.45) is 0.502. The molecule has 90 valence electrons. The van der Waals surface area contributed by atoms with Gasteiger partial charge in [-0.05, 0) is 12.1 Å². The van der Waals surface area contributed by atoms with Gasteiger partial charge in [0.05, 0.1) is 12.7 Å². The second-order valence-electron chi connectivity index (χ2n) is 3.01. The second kappa shape index (κ2) is 5.20. The van der Waals surface area contributed by atoms with Crippen molar-refractivity contribution in [2.24, 2.45) is 0 Å². The number of hydrogen-bond acceptors (Lipinski definition) is 4. The standard InChI is InChI=1S/C11H8F2O4/c1-17-11(16)10(15)5-9(14)7-3-2-6(12)4-8(7)13/h2-5,15H,1H3. The van der Waals surface area contributed by atoms with E-state index in [1.807, 2.05) is 0 Å². The van der Waals surface area contributed by atoms with Gasteiger partial charge in [0.1, 0.15) is 11.6 Å². The minimum absolute atomic E-state index is 0.457. The number of aliphatic hydroxyl groups excluding tert-OH is 1. The molecule has 0 saturated carbocycles. The third kappa shape index (κ3) is 3.10. The molecule has 0 aromatic heterocycles. The Labute approximate surface area is 95.1 Å². The van der Waals surface area contributed by atoms with Crippen LogP contribution in [0, 0.1) is 11.6 Å². The number of allylic oxidation sites excluding steroid dienone is 1. The molecular formula is C11H8F2O4. The summed E-state index contributed by atoms with van der Waals surface area (Å²) < 4.78 is 29.8. The number of esters is 1. The van der Waals surface area contributed by atoms with E-state index in [1.54, 1.807) is 0 Å². The molecule has 0 unspecified atom stereocenters. The van der Waals surface area contributed by atoms with Crippen LogP contribution < -0.4 is 0 Å². The van der Waals surface area contributed by atoms with Gasteiger partial charge >= 0.3 is 5.97 Å². The normalized spacial score (nSPS) is 11.1. The molecule has 0 saturated heterocycles. The average molecular weight is 242 g/mol. The molecule has 0 amide bonds. The highest BCUT2D eigenvalue weighted by molar-refractivity contribution is 6.08. The SMILES string of the molecule is COC(=O)C(O)=CC(=O)c1ccc(F)cc1F. The Morgan fingerprint density at radius 2 is 2.00 bits per heavy atom. The summed E-state index contributed by atoms with van der Waals surface area (Å²) in [4.78, 5) is 22.2. The van der Waals surface area contributed by atoms with Gasteiger partial charge in [-0.2, -0.15) is 0 Å². The maximum absolute atomic E-state index is 13.1. The molecule has 1 rings (SSSR count). The van der Waals surface area contributed by atoms with Crippen LogP contribution in [0.2, 0.25) is 0 Å². The number of carbonyl (C=O) groups excluding carboxylic acids is 2. The molecule has 0 aliphatic carbocycles. The fraction of sp³-hybridized carbons (Fsp3) is 0.0909. The van der Waals surface area contributed by atoms with Gasteiger partial charge in [-0.25, -0.2) is 13.6 Å². The summed E-state index contributed by atoms with van der Waals surface area (Å²) in [6.45, 7) is 0. The Morgan fingerprint density at radius 3 is 2.53 bits per heavy atom. The van der Waals surface area contributed by atoms with E-state index in [-0.39, 0.29) is 0 Å². The largest absolute Gasteiger partial charge is 0.502 e. The molecule has 0 bridgehead atoms. The molecule has 0 heterocycles. The van der Waals surface area contributed by atoms with Crippen molar-refractivity contribution >= 4 is 11.8 Å². The van der Waals surface area contributed by atoms with Crippen molar-refractivity contribution in [1.82, 2.24) is 0 Å².